The number of rotatable bonds is 7. The minimum Gasteiger partial charge on any atom is -0.479 e. The fourth-order valence-electron chi connectivity index (χ4n) is 3.02. The molecule has 0 spiro atoms. The Balaban J connectivity index is 2.18. The lowest BCUT2D eigenvalue weighted by Crippen LogP contribution is -2.35. The van der Waals surface area contributed by atoms with Crippen LogP contribution in [0, 0.1) is 32.5 Å². The van der Waals surface area contributed by atoms with Crippen molar-refractivity contribution in [2.75, 3.05) is 0 Å². The standard InChI is InChI=1S/C20H26FN3O3/c1-11(2)10-24-14(5)16(13(4)23-24)9-18(25)22-19(20(26)27)15-6-7-17(21)12(3)8-15/h6-8,11,19H,9-10H2,1-5H3,(H,22,25)(H,26,27). The van der Waals surface area contributed by atoms with Crippen LogP contribution in [0.15, 0.2) is 18.2 Å². The summed E-state index contributed by atoms with van der Waals surface area (Å²) >= 11 is 0. The van der Waals surface area contributed by atoms with E-state index in [1.807, 2.05) is 18.5 Å². The number of amides is 1. The normalized spacial score (nSPS) is 12.3. The van der Waals surface area contributed by atoms with Crippen molar-refractivity contribution in [3.63, 3.8) is 0 Å². The van der Waals surface area contributed by atoms with Crippen LogP contribution in [0.3, 0.4) is 0 Å². The number of halogens is 1. The summed E-state index contributed by atoms with van der Waals surface area (Å²) in [4.78, 5) is 24.1. The number of aryl methyl sites for hydroxylation is 2. The van der Waals surface area contributed by atoms with Gasteiger partial charge in [-0.05, 0) is 43.9 Å². The summed E-state index contributed by atoms with van der Waals surface area (Å²) in [6.45, 7) is 10.2. The molecule has 146 valence electrons. The Hall–Kier alpha value is -2.70. The molecule has 2 aromatic rings. The van der Waals surface area contributed by atoms with E-state index in [1.54, 1.807) is 6.92 Å². The highest BCUT2D eigenvalue weighted by atomic mass is 19.1. The topological polar surface area (TPSA) is 84.2 Å². The summed E-state index contributed by atoms with van der Waals surface area (Å²) in [6, 6.07) is 2.78. The highest BCUT2D eigenvalue weighted by Gasteiger charge is 2.24. The van der Waals surface area contributed by atoms with Crippen LogP contribution in [0.1, 0.15) is 48.0 Å². The third-order valence-corrected chi connectivity index (χ3v) is 4.47. The highest BCUT2D eigenvalue weighted by Crippen LogP contribution is 2.19. The second-order valence-corrected chi connectivity index (χ2v) is 7.25. The Morgan fingerprint density at radius 2 is 1.93 bits per heavy atom. The molecule has 0 radical (unpaired) electrons. The first-order valence-electron chi connectivity index (χ1n) is 8.91. The molecular formula is C20H26FN3O3. The van der Waals surface area contributed by atoms with Crippen LogP contribution in [0.4, 0.5) is 4.39 Å². The van der Waals surface area contributed by atoms with Gasteiger partial charge >= 0.3 is 5.97 Å². The molecule has 7 heteroatoms. The average molecular weight is 375 g/mol. The first kappa shape index (κ1) is 20.6. The monoisotopic (exact) mass is 375 g/mol. The molecule has 0 aliphatic rings. The van der Waals surface area contributed by atoms with Crippen LogP contribution >= 0.6 is 0 Å². The van der Waals surface area contributed by atoms with E-state index in [0.717, 1.165) is 23.5 Å². The first-order valence-corrected chi connectivity index (χ1v) is 8.91. The zero-order valence-corrected chi connectivity index (χ0v) is 16.3. The van der Waals surface area contributed by atoms with Crippen molar-refractivity contribution in [1.82, 2.24) is 15.1 Å². The van der Waals surface area contributed by atoms with Crippen molar-refractivity contribution in [3.8, 4) is 0 Å². The largest absolute Gasteiger partial charge is 0.479 e. The molecule has 1 aromatic carbocycles. The van der Waals surface area contributed by atoms with Gasteiger partial charge in [0.2, 0.25) is 5.91 Å². The number of hydrogen-bond acceptors (Lipinski definition) is 3. The van der Waals surface area contributed by atoms with Crippen LogP contribution in [-0.2, 0) is 22.6 Å². The molecule has 0 bridgehead atoms. The van der Waals surface area contributed by atoms with E-state index in [4.69, 9.17) is 0 Å². The van der Waals surface area contributed by atoms with E-state index in [-0.39, 0.29) is 6.42 Å². The summed E-state index contributed by atoms with van der Waals surface area (Å²) in [5.41, 5.74) is 3.12. The number of carbonyl (C=O) groups is 2. The lowest BCUT2D eigenvalue weighted by atomic mass is 10.0. The summed E-state index contributed by atoms with van der Waals surface area (Å²) < 4.78 is 15.3. The van der Waals surface area contributed by atoms with Crippen molar-refractivity contribution in [2.45, 2.75) is 53.6 Å². The van der Waals surface area contributed by atoms with Crippen LogP contribution < -0.4 is 5.32 Å². The molecule has 0 aliphatic carbocycles. The van der Waals surface area contributed by atoms with Gasteiger partial charge in [0, 0.05) is 17.8 Å². The van der Waals surface area contributed by atoms with Crippen LogP contribution in [0.2, 0.25) is 0 Å². The Kier molecular flexibility index (Phi) is 6.36. The van der Waals surface area contributed by atoms with Gasteiger partial charge in [-0.1, -0.05) is 26.0 Å². The summed E-state index contributed by atoms with van der Waals surface area (Å²) in [7, 11) is 0. The Morgan fingerprint density at radius 1 is 1.26 bits per heavy atom. The molecule has 2 rings (SSSR count). The fraction of sp³-hybridized carbons (Fsp3) is 0.450. The van der Waals surface area contributed by atoms with Crippen molar-refractivity contribution < 1.29 is 19.1 Å². The second-order valence-electron chi connectivity index (χ2n) is 7.25. The molecule has 0 aliphatic heterocycles. The van der Waals surface area contributed by atoms with Crippen molar-refractivity contribution >= 4 is 11.9 Å². The van der Waals surface area contributed by atoms with Gasteiger partial charge in [0.1, 0.15) is 5.82 Å². The van der Waals surface area contributed by atoms with Gasteiger partial charge in [0.25, 0.3) is 0 Å². The molecule has 1 aromatic heterocycles. The smallest absolute Gasteiger partial charge is 0.330 e. The number of nitrogens with zero attached hydrogens (tertiary/aromatic N) is 2. The minimum absolute atomic E-state index is 0.0414. The fourth-order valence-corrected chi connectivity index (χ4v) is 3.02. The highest BCUT2D eigenvalue weighted by molar-refractivity contribution is 5.86. The number of carbonyl (C=O) groups excluding carboxylic acids is 1. The van der Waals surface area contributed by atoms with Crippen LogP contribution in [-0.4, -0.2) is 26.8 Å². The third kappa shape index (κ3) is 4.93. The third-order valence-electron chi connectivity index (χ3n) is 4.47. The molecule has 1 heterocycles. The Morgan fingerprint density at radius 3 is 2.48 bits per heavy atom. The Labute approximate surface area is 158 Å². The number of benzene rings is 1. The maximum Gasteiger partial charge on any atom is 0.330 e. The number of carboxylic acids is 1. The predicted octanol–water partition coefficient (Wildman–Crippen LogP) is 3.09. The molecule has 0 saturated carbocycles. The summed E-state index contributed by atoms with van der Waals surface area (Å²) in [6.07, 6.45) is 0.0414. The molecule has 1 amide bonds. The summed E-state index contributed by atoms with van der Waals surface area (Å²) in [5.74, 6) is -1.61. The Bertz CT molecular complexity index is 858. The number of nitrogens with one attached hydrogen (secondary N) is 1. The van der Waals surface area contributed by atoms with Crippen molar-refractivity contribution in [2.24, 2.45) is 5.92 Å². The molecule has 0 fully saturated rings. The molecule has 1 unspecified atom stereocenters. The maximum absolute atomic E-state index is 13.5. The van der Waals surface area contributed by atoms with Gasteiger partial charge in [0.15, 0.2) is 6.04 Å². The van der Waals surface area contributed by atoms with Crippen molar-refractivity contribution in [3.05, 3.63) is 52.1 Å². The van der Waals surface area contributed by atoms with Crippen molar-refractivity contribution in [1.29, 1.82) is 0 Å². The zero-order chi connectivity index (χ0) is 20.3. The lowest BCUT2D eigenvalue weighted by Gasteiger charge is -2.16. The van der Waals surface area contributed by atoms with E-state index in [0.29, 0.717) is 17.0 Å². The minimum atomic E-state index is -1.23. The molecule has 6 nitrogen and oxygen atoms in total. The van der Waals surface area contributed by atoms with E-state index in [1.165, 1.54) is 18.2 Å². The molecule has 1 atom stereocenters. The zero-order valence-electron chi connectivity index (χ0n) is 16.3. The van der Waals surface area contributed by atoms with E-state index in [9.17, 15) is 19.1 Å². The van der Waals surface area contributed by atoms with Gasteiger partial charge in [0.05, 0.1) is 12.1 Å². The number of aromatic nitrogens is 2. The van der Waals surface area contributed by atoms with Gasteiger partial charge in [-0.15, -0.1) is 0 Å². The van der Waals surface area contributed by atoms with E-state index in [2.05, 4.69) is 24.3 Å². The van der Waals surface area contributed by atoms with E-state index >= 15 is 0 Å². The maximum atomic E-state index is 13.5. The molecular weight excluding hydrogens is 349 g/mol. The number of carboxylic acid groups (broad SMARTS) is 1. The predicted molar refractivity (Wildman–Crippen MR) is 99.9 cm³/mol. The molecule has 2 N–H and O–H groups in total. The number of hydrogen-bond donors (Lipinski definition) is 2. The molecule has 27 heavy (non-hydrogen) atoms. The summed E-state index contributed by atoms with van der Waals surface area (Å²) in [5, 5.41) is 16.5. The number of aliphatic carboxylic acids is 1. The van der Waals surface area contributed by atoms with Gasteiger partial charge in [-0.25, -0.2) is 9.18 Å². The second kappa shape index (κ2) is 8.33. The lowest BCUT2D eigenvalue weighted by molar-refractivity contribution is -0.142. The van der Waals surface area contributed by atoms with Crippen LogP contribution in [0.5, 0.6) is 0 Å². The van der Waals surface area contributed by atoms with Gasteiger partial charge < -0.3 is 10.4 Å². The first-order chi connectivity index (χ1) is 12.6. The van der Waals surface area contributed by atoms with Gasteiger partial charge in [-0.3, -0.25) is 9.48 Å². The van der Waals surface area contributed by atoms with Gasteiger partial charge in [-0.2, -0.15) is 5.10 Å². The average Bonchev–Trinajstić information content (AvgIpc) is 2.82. The SMILES string of the molecule is Cc1cc(C(NC(=O)Cc2c(C)nn(CC(C)C)c2C)C(=O)O)ccc1F. The van der Waals surface area contributed by atoms with E-state index < -0.39 is 23.7 Å². The molecule has 0 saturated heterocycles. The van der Waals surface area contributed by atoms with Crippen LogP contribution in [0.25, 0.3) is 0 Å². The quantitative estimate of drug-likeness (QED) is 0.779.